The number of methoxy groups -OCH3 is 1. The van der Waals surface area contributed by atoms with Crippen molar-refractivity contribution in [3.8, 4) is 5.75 Å². The molecular weight excluding hydrogens is 458 g/mol. The van der Waals surface area contributed by atoms with Gasteiger partial charge in [-0.05, 0) is 42.5 Å². The number of carbonyl (C=O) groups excluding carboxylic acids is 2. The molecule has 0 heterocycles. The normalized spacial score (nSPS) is 13.7. The maximum Gasteiger partial charge on any atom is 0.573 e. The molecule has 168 valence electrons. The van der Waals surface area contributed by atoms with Crippen molar-refractivity contribution in [2.45, 2.75) is 18.2 Å². The highest BCUT2D eigenvalue weighted by atomic mass is 35.5. The molecule has 2 N–H and O–H groups in total. The number of alkyl halides is 6. The molecule has 0 saturated carbocycles. The Morgan fingerprint density at radius 1 is 0.968 bits per heavy atom. The van der Waals surface area contributed by atoms with Crippen molar-refractivity contribution in [1.82, 2.24) is 5.32 Å². The smallest absolute Gasteiger partial charge is 0.466 e. The van der Waals surface area contributed by atoms with Gasteiger partial charge in [-0.15, -0.1) is 13.2 Å². The second-order valence-electron chi connectivity index (χ2n) is 5.90. The first-order valence-corrected chi connectivity index (χ1v) is 8.52. The predicted octanol–water partition coefficient (Wildman–Crippen LogP) is 4.51. The van der Waals surface area contributed by atoms with Gasteiger partial charge in [0.05, 0.1) is 7.11 Å². The molecule has 0 radical (unpaired) electrons. The molecule has 0 aliphatic carbocycles. The minimum atomic E-state index is -5.44. The molecule has 0 aliphatic rings. The van der Waals surface area contributed by atoms with Crippen LogP contribution in [0, 0.1) is 0 Å². The average Bonchev–Trinajstić information content (AvgIpc) is 2.66. The van der Waals surface area contributed by atoms with E-state index in [0.29, 0.717) is 19.2 Å². The zero-order valence-electron chi connectivity index (χ0n) is 15.4. The molecule has 0 fully saturated rings. The molecule has 0 saturated heterocycles. The molecule has 1 atom stereocenters. The Morgan fingerprint density at radius 3 is 2.06 bits per heavy atom. The first-order chi connectivity index (χ1) is 14.3. The van der Waals surface area contributed by atoms with Crippen LogP contribution >= 0.6 is 11.6 Å². The lowest BCUT2D eigenvalue weighted by Gasteiger charge is -2.35. The Labute approximate surface area is 176 Å². The average molecular weight is 471 g/mol. The van der Waals surface area contributed by atoms with Gasteiger partial charge in [0.1, 0.15) is 5.75 Å². The molecular formula is C18H13ClF6N2O4. The Bertz CT molecular complexity index is 949. The third kappa shape index (κ3) is 5.94. The number of hydrogen-bond donors (Lipinski definition) is 2. The molecule has 31 heavy (non-hydrogen) atoms. The predicted molar refractivity (Wildman–Crippen MR) is 96.5 cm³/mol. The highest BCUT2D eigenvalue weighted by molar-refractivity contribution is 6.31. The van der Waals surface area contributed by atoms with E-state index in [0.717, 1.165) is 24.3 Å². The zero-order chi connectivity index (χ0) is 23.4. The fourth-order valence-corrected chi connectivity index (χ4v) is 2.56. The van der Waals surface area contributed by atoms with Crippen molar-refractivity contribution in [2.24, 2.45) is 0 Å². The van der Waals surface area contributed by atoms with Gasteiger partial charge in [0.2, 0.25) is 0 Å². The van der Waals surface area contributed by atoms with Crippen molar-refractivity contribution in [1.29, 1.82) is 0 Å². The molecule has 0 unspecified atom stereocenters. The first kappa shape index (κ1) is 24.1. The van der Waals surface area contributed by atoms with E-state index in [1.165, 1.54) is 12.1 Å². The van der Waals surface area contributed by atoms with Crippen molar-refractivity contribution >= 4 is 29.2 Å². The third-order valence-corrected chi connectivity index (χ3v) is 3.96. The van der Waals surface area contributed by atoms with Gasteiger partial charge < -0.3 is 20.1 Å². The van der Waals surface area contributed by atoms with Crippen LogP contribution in [-0.2, 0) is 9.53 Å². The van der Waals surface area contributed by atoms with Crippen LogP contribution in [0.25, 0.3) is 0 Å². The summed E-state index contributed by atoms with van der Waals surface area (Å²) in [5.41, 5.74) is -4.53. The summed E-state index contributed by atoms with van der Waals surface area (Å²) in [5.74, 6) is -3.96. The second kappa shape index (κ2) is 8.92. The number of rotatable bonds is 6. The van der Waals surface area contributed by atoms with E-state index in [-0.39, 0.29) is 10.6 Å². The number of benzene rings is 2. The number of carbonyl (C=O) groups is 2. The summed E-state index contributed by atoms with van der Waals surface area (Å²) >= 11 is 5.73. The van der Waals surface area contributed by atoms with E-state index in [9.17, 15) is 35.9 Å². The van der Waals surface area contributed by atoms with Crippen LogP contribution < -0.4 is 15.4 Å². The summed E-state index contributed by atoms with van der Waals surface area (Å²) in [7, 11) is 0.663. The number of halogens is 7. The highest BCUT2D eigenvalue weighted by Gasteiger charge is 2.63. The summed E-state index contributed by atoms with van der Waals surface area (Å²) in [6.45, 7) is 0. The Morgan fingerprint density at radius 2 is 1.58 bits per heavy atom. The van der Waals surface area contributed by atoms with Crippen LogP contribution in [0.5, 0.6) is 5.75 Å². The lowest BCUT2D eigenvalue weighted by Crippen LogP contribution is -2.69. The van der Waals surface area contributed by atoms with E-state index in [1.807, 2.05) is 0 Å². The van der Waals surface area contributed by atoms with Crippen molar-refractivity contribution in [3.63, 3.8) is 0 Å². The minimum absolute atomic E-state index is 0.0524. The molecule has 1 amide bonds. The fraction of sp³-hybridized carbons (Fsp3) is 0.222. The molecule has 0 aromatic heterocycles. The number of nitrogens with one attached hydrogen (secondary N) is 2. The summed E-state index contributed by atoms with van der Waals surface area (Å²) in [4.78, 5) is 24.6. The van der Waals surface area contributed by atoms with Gasteiger partial charge in [-0.3, -0.25) is 4.79 Å². The minimum Gasteiger partial charge on any atom is -0.466 e. The monoisotopic (exact) mass is 470 g/mol. The van der Waals surface area contributed by atoms with Crippen LogP contribution in [0.1, 0.15) is 10.4 Å². The molecule has 0 aliphatic heterocycles. The van der Waals surface area contributed by atoms with Crippen molar-refractivity contribution < 1.29 is 45.4 Å². The largest absolute Gasteiger partial charge is 0.573 e. The van der Waals surface area contributed by atoms with Crippen LogP contribution in [-0.4, -0.2) is 37.2 Å². The second-order valence-corrected chi connectivity index (χ2v) is 6.34. The maximum absolute atomic E-state index is 14.0. The zero-order valence-corrected chi connectivity index (χ0v) is 16.2. The third-order valence-electron chi connectivity index (χ3n) is 3.72. The fourth-order valence-electron chi connectivity index (χ4n) is 2.37. The quantitative estimate of drug-likeness (QED) is 0.369. The summed E-state index contributed by atoms with van der Waals surface area (Å²) in [6, 6.07) is 7.91. The number of hydrogen-bond acceptors (Lipinski definition) is 5. The molecule has 13 heteroatoms. The van der Waals surface area contributed by atoms with Gasteiger partial charge in [0.15, 0.2) is 0 Å². The van der Waals surface area contributed by atoms with Crippen molar-refractivity contribution in [2.75, 3.05) is 12.4 Å². The van der Waals surface area contributed by atoms with Gasteiger partial charge in [0.25, 0.3) is 5.91 Å². The van der Waals surface area contributed by atoms with E-state index in [2.05, 4.69) is 9.47 Å². The van der Waals surface area contributed by atoms with Gasteiger partial charge >= 0.3 is 24.2 Å². The molecule has 0 bridgehead atoms. The molecule has 2 aromatic carbocycles. The van der Waals surface area contributed by atoms with Gasteiger partial charge in [0, 0.05) is 16.3 Å². The lowest BCUT2D eigenvalue weighted by molar-refractivity contribution is -0.274. The van der Waals surface area contributed by atoms with Gasteiger partial charge in [-0.25, -0.2) is 4.79 Å². The van der Waals surface area contributed by atoms with Crippen LogP contribution in [0.15, 0.2) is 48.5 Å². The van der Waals surface area contributed by atoms with Crippen LogP contribution in [0.4, 0.5) is 32.0 Å². The molecule has 0 spiro atoms. The summed E-state index contributed by atoms with van der Waals surface area (Å²) in [6.07, 6.45) is -10.4. The van der Waals surface area contributed by atoms with E-state index in [4.69, 9.17) is 11.6 Å². The number of esters is 1. The summed E-state index contributed by atoms with van der Waals surface area (Å²) < 4.78 is 86.5. The Kier molecular flexibility index (Phi) is 6.94. The van der Waals surface area contributed by atoms with Crippen LogP contribution in [0.3, 0.4) is 0 Å². The highest BCUT2D eigenvalue weighted by Crippen LogP contribution is 2.34. The van der Waals surface area contributed by atoms with Gasteiger partial charge in [-0.2, -0.15) is 13.2 Å². The lowest BCUT2D eigenvalue weighted by atomic mass is 10.1. The number of amides is 1. The topological polar surface area (TPSA) is 76.7 Å². The number of ether oxygens (including phenoxy) is 2. The Hall–Kier alpha value is -3.15. The van der Waals surface area contributed by atoms with E-state index < -0.39 is 41.5 Å². The van der Waals surface area contributed by atoms with Crippen molar-refractivity contribution in [3.05, 3.63) is 59.1 Å². The maximum atomic E-state index is 14.0. The SMILES string of the molecule is COC(=O)[C@](NC(=O)c1cccc(Cl)c1)(Nc1ccc(OC(F)(F)F)cc1)C(F)(F)F. The first-order valence-electron chi connectivity index (χ1n) is 8.14. The van der Waals surface area contributed by atoms with Gasteiger partial charge in [-0.1, -0.05) is 17.7 Å². The molecule has 6 nitrogen and oxygen atoms in total. The molecule has 2 rings (SSSR count). The number of anilines is 1. The molecule has 2 aromatic rings. The van der Waals surface area contributed by atoms with Crippen LogP contribution in [0.2, 0.25) is 5.02 Å². The Balaban J connectivity index is 2.42. The van der Waals surface area contributed by atoms with E-state index >= 15 is 0 Å². The summed E-state index contributed by atoms with van der Waals surface area (Å²) in [5, 5.41) is 3.39. The standard InChI is InChI=1S/C18H13ClF6N2O4/c1-30-15(29)16(17(20,21)22,27-14(28)10-3-2-4-11(19)9-10)26-12-5-7-13(8-6-12)31-18(23,24)25/h2-9,26H,1H3,(H,27,28)/t16-/m1/s1. The van der Waals surface area contributed by atoms with E-state index in [1.54, 1.807) is 10.6 Å².